The molecular weight excluding hydrogens is 152 g/mol. The lowest BCUT2D eigenvalue weighted by Crippen LogP contribution is -2.21. The molecule has 0 aromatic rings. The van der Waals surface area contributed by atoms with Crippen LogP contribution in [0.4, 0.5) is 0 Å². The van der Waals surface area contributed by atoms with Gasteiger partial charge in [0.15, 0.2) is 0 Å². The molecule has 0 fully saturated rings. The Bertz CT molecular complexity index is 118. The molecule has 72 valence electrons. The van der Waals surface area contributed by atoms with E-state index in [1.54, 1.807) is 0 Å². The molecule has 0 amide bonds. The first-order valence-corrected chi connectivity index (χ1v) is 4.55. The summed E-state index contributed by atoms with van der Waals surface area (Å²) in [6.45, 7) is 13.3. The Morgan fingerprint density at radius 1 is 1.08 bits per heavy atom. The monoisotopic (exact) mass is 172 g/mol. The van der Waals surface area contributed by atoms with Gasteiger partial charge in [0.05, 0.1) is 12.2 Å². The summed E-state index contributed by atoms with van der Waals surface area (Å²) in [7, 11) is 0. The molecule has 0 heterocycles. The summed E-state index contributed by atoms with van der Waals surface area (Å²) in [5.41, 5.74) is 1.01. The van der Waals surface area contributed by atoms with Crippen molar-refractivity contribution in [1.29, 1.82) is 0 Å². The quantitative estimate of drug-likeness (QED) is 0.573. The average molecular weight is 172 g/mol. The molecule has 0 aromatic heterocycles. The van der Waals surface area contributed by atoms with Gasteiger partial charge in [0, 0.05) is 13.2 Å². The van der Waals surface area contributed by atoms with E-state index >= 15 is 0 Å². The first kappa shape index (κ1) is 11.7. The molecule has 2 atom stereocenters. The standard InChI is InChI=1S/C10H20O2/c1-6-11-9(4)8(3)10(5)12-7-2/h9-10H,3,6-7H2,1-2,4-5H3. The Labute approximate surface area is 75.6 Å². The van der Waals surface area contributed by atoms with Crippen LogP contribution in [0.2, 0.25) is 0 Å². The molecule has 2 nitrogen and oxygen atoms in total. The van der Waals surface area contributed by atoms with Gasteiger partial charge >= 0.3 is 0 Å². The molecule has 0 aliphatic rings. The third-order valence-corrected chi connectivity index (χ3v) is 1.88. The predicted octanol–water partition coefficient (Wildman–Crippen LogP) is 2.39. The van der Waals surface area contributed by atoms with Crippen LogP contribution in [0, 0.1) is 0 Å². The lowest BCUT2D eigenvalue weighted by Gasteiger charge is -2.20. The first-order chi connectivity index (χ1) is 5.63. The van der Waals surface area contributed by atoms with Crippen LogP contribution < -0.4 is 0 Å². The third-order valence-electron chi connectivity index (χ3n) is 1.88. The van der Waals surface area contributed by atoms with Crippen LogP contribution in [0.1, 0.15) is 27.7 Å². The van der Waals surface area contributed by atoms with Crippen molar-refractivity contribution in [2.24, 2.45) is 0 Å². The third kappa shape index (κ3) is 3.88. The van der Waals surface area contributed by atoms with Gasteiger partial charge in [-0.2, -0.15) is 0 Å². The number of ether oxygens (including phenoxy) is 2. The van der Waals surface area contributed by atoms with Gasteiger partial charge in [-0.15, -0.1) is 0 Å². The van der Waals surface area contributed by atoms with E-state index in [9.17, 15) is 0 Å². The van der Waals surface area contributed by atoms with Gasteiger partial charge in [0.1, 0.15) is 0 Å². The summed E-state index contributed by atoms with van der Waals surface area (Å²) in [6.07, 6.45) is 0.188. The summed E-state index contributed by atoms with van der Waals surface area (Å²) in [4.78, 5) is 0. The molecule has 0 saturated heterocycles. The fraction of sp³-hybridized carbons (Fsp3) is 0.800. The van der Waals surface area contributed by atoms with Crippen molar-refractivity contribution in [2.75, 3.05) is 13.2 Å². The molecule has 2 heteroatoms. The van der Waals surface area contributed by atoms with E-state index < -0.39 is 0 Å². The SMILES string of the molecule is C=C(C(C)OCC)C(C)OCC. The highest BCUT2D eigenvalue weighted by molar-refractivity contribution is 5.06. The fourth-order valence-electron chi connectivity index (χ4n) is 1.04. The minimum Gasteiger partial charge on any atom is -0.374 e. The highest BCUT2D eigenvalue weighted by Crippen LogP contribution is 2.11. The molecule has 0 aliphatic heterocycles. The van der Waals surface area contributed by atoms with Gasteiger partial charge in [-0.05, 0) is 33.3 Å². The predicted molar refractivity (Wildman–Crippen MR) is 51.3 cm³/mol. The maximum atomic E-state index is 5.39. The molecule has 0 bridgehead atoms. The molecule has 12 heavy (non-hydrogen) atoms. The minimum atomic E-state index is 0.0940. The molecule has 0 aromatic carbocycles. The summed E-state index contributed by atoms with van der Waals surface area (Å²) in [6, 6.07) is 0. The second kappa shape index (κ2) is 6.21. The van der Waals surface area contributed by atoms with E-state index in [1.807, 2.05) is 27.7 Å². The molecule has 0 N–H and O–H groups in total. The zero-order valence-electron chi connectivity index (χ0n) is 8.59. The van der Waals surface area contributed by atoms with Crippen LogP contribution in [0.25, 0.3) is 0 Å². The van der Waals surface area contributed by atoms with Gasteiger partial charge in [-0.1, -0.05) is 6.58 Å². The minimum absolute atomic E-state index is 0.0940. The van der Waals surface area contributed by atoms with E-state index in [0.29, 0.717) is 0 Å². The number of hydrogen-bond acceptors (Lipinski definition) is 2. The lowest BCUT2D eigenvalue weighted by molar-refractivity contribution is 0.0515. The highest BCUT2D eigenvalue weighted by Gasteiger charge is 2.13. The van der Waals surface area contributed by atoms with Crippen molar-refractivity contribution in [2.45, 2.75) is 39.9 Å². The second-order valence-corrected chi connectivity index (χ2v) is 2.77. The van der Waals surface area contributed by atoms with Crippen LogP contribution in [0.5, 0.6) is 0 Å². The Morgan fingerprint density at radius 3 is 1.67 bits per heavy atom. The van der Waals surface area contributed by atoms with Crippen molar-refractivity contribution < 1.29 is 9.47 Å². The molecule has 0 rings (SSSR count). The molecule has 0 saturated carbocycles. The van der Waals surface area contributed by atoms with Crippen molar-refractivity contribution in [3.05, 3.63) is 12.2 Å². The zero-order valence-corrected chi connectivity index (χ0v) is 8.59. The Hall–Kier alpha value is -0.340. The van der Waals surface area contributed by atoms with E-state index in [0.717, 1.165) is 18.8 Å². The number of hydrogen-bond donors (Lipinski definition) is 0. The molecule has 0 aliphatic carbocycles. The second-order valence-electron chi connectivity index (χ2n) is 2.77. The molecule has 2 unspecified atom stereocenters. The van der Waals surface area contributed by atoms with Gasteiger partial charge in [-0.3, -0.25) is 0 Å². The summed E-state index contributed by atoms with van der Waals surface area (Å²) >= 11 is 0. The topological polar surface area (TPSA) is 18.5 Å². The van der Waals surface area contributed by atoms with E-state index in [-0.39, 0.29) is 12.2 Å². The van der Waals surface area contributed by atoms with E-state index in [2.05, 4.69) is 6.58 Å². The van der Waals surface area contributed by atoms with Crippen LogP contribution in [0.3, 0.4) is 0 Å². The highest BCUT2D eigenvalue weighted by atomic mass is 16.5. The van der Waals surface area contributed by atoms with Crippen molar-refractivity contribution in [1.82, 2.24) is 0 Å². The van der Waals surface area contributed by atoms with Gasteiger partial charge < -0.3 is 9.47 Å². The van der Waals surface area contributed by atoms with Crippen molar-refractivity contribution >= 4 is 0 Å². The van der Waals surface area contributed by atoms with Crippen LogP contribution in [0.15, 0.2) is 12.2 Å². The Balaban J connectivity index is 3.82. The first-order valence-electron chi connectivity index (χ1n) is 4.55. The van der Waals surface area contributed by atoms with Gasteiger partial charge in [0.25, 0.3) is 0 Å². The average Bonchev–Trinajstić information content (AvgIpc) is 2.04. The Morgan fingerprint density at radius 2 is 1.42 bits per heavy atom. The molecule has 0 radical (unpaired) electrons. The number of rotatable bonds is 6. The summed E-state index contributed by atoms with van der Waals surface area (Å²) in [5.74, 6) is 0. The summed E-state index contributed by atoms with van der Waals surface area (Å²) in [5, 5.41) is 0. The maximum absolute atomic E-state index is 5.39. The largest absolute Gasteiger partial charge is 0.374 e. The van der Waals surface area contributed by atoms with Gasteiger partial charge in [0.2, 0.25) is 0 Å². The van der Waals surface area contributed by atoms with Crippen LogP contribution in [-0.4, -0.2) is 25.4 Å². The van der Waals surface area contributed by atoms with Gasteiger partial charge in [-0.25, -0.2) is 0 Å². The van der Waals surface area contributed by atoms with E-state index in [1.165, 1.54) is 0 Å². The van der Waals surface area contributed by atoms with Crippen LogP contribution >= 0.6 is 0 Å². The Kier molecular flexibility index (Phi) is 6.03. The molecular formula is C10H20O2. The molecule has 0 spiro atoms. The lowest BCUT2D eigenvalue weighted by atomic mass is 10.1. The normalized spacial score (nSPS) is 15.7. The van der Waals surface area contributed by atoms with Crippen molar-refractivity contribution in [3.8, 4) is 0 Å². The van der Waals surface area contributed by atoms with E-state index in [4.69, 9.17) is 9.47 Å². The summed E-state index contributed by atoms with van der Waals surface area (Å²) < 4.78 is 10.8. The smallest absolute Gasteiger partial charge is 0.0778 e. The van der Waals surface area contributed by atoms with Crippen molar-refractivity contribution in [3.63, 3.8) is 0 Å². The maximum Gasteiger partial charge on any atom is 0.0778 e. The fourth-order valence-corrected chi connectivity index (χ4v) is 1.04. The zero-order chi connectivity index (χ0) is 9.56. The van der Waals surface area contributed by atoms with Crippen LogP contribution in [-0.2, 0) is 9.47 Å².